The van der Waals surface area contributed by atoms with Crippen LogP contribution in [0.2, 0.25) is 0 Å². The Kier molecular flexibility index (Phi) is 4.47. The first-order chi connectivity index (χ1) is 13.0. The predicted molar refractivity (Wildman–Crippen MR) is 108 cm³/mol. The first kappa shape index (κ1) is 17.7. The van der Waals surface area contributed by atoms with Gasteiger partial charge in [-0.05, 0) is 43.5 Å². The molecule has 6 nitrogen and oxygen atoms in total. The number of amides is 1. The lowest BCUT2D eigenvalue weighted by Crippen LogP contribution is -2.28. The third-order valence-corrected chi connectivity index (χ3v) is 6.47. The van der Waals surface area contributed by atoms with Crippen molar-refractivity contribution >= 4 is 33.1 Å². The smallest absolute Gasteiger partial charge is 0.266 e. The van der Waals surface area contributed by atoms with Crippen molar-refractivity contribution in [1.29, 1.82) is 0 Å². The second-order valence-corrected chi connectivity index (χ2v) is 7.94. The highest BCUT2D eigenvalue weighted by Crippen LogP contribution is 2.37. The quantitative estimate of drug-likeness (QED) is 0.749. The Morgan fingerprint density at radius 3 is 2.70 bits per heavy atom. The van der Waals surface area contributed by atoms with Crippen LogP contribution in [0.5, 0.6) is 5.75 Å². The maximum absolute atomic E-state index is 13.1. The van der Waals surface area contributed by atoms with Crippen LogP contribution in [-0.2, 0) is 0 Å². The van der Waals surface area contributed by atoms with Gasteiger partial charge in [0.1, 0.15) is 15.5 Å². The number of rotatable bonds is 3. The van der Waals surface area contributed by atoms with E-state index >= 15 is 0 Å². The maximum Gasteiger partial charge on any atom is 0.266 e. The van der Waals surface area contributed by atoms with Crippen LogP contribution in [0.25, 0.3) is 10.2 Å². The van der Waals surface area contributed by atoms with Gasteiger partial charge in [0.2, 0.25) is 0 Å². The number of thiophene rings is 1. The SMILES string of the molecule is COc1ccc(C2CCN(C(=O)c3sc4nnc(C)c(C)c4c3N)C2)cc1. The number of nitrogens with two attached hydrogens (primary N) is 1. The summed E-state index contributed by atoms with van der Waals surface area (Å²) in [5.74, 6) is 1.16. The average molecular weight is 382 g/mol. The number of aromatic nitrogens is 2. The Hall–Kier alpha value is -2.67. The van der Waals surface area contributed by atoms with E-state index in [1.165, 1.54) is 16.9 Å². The molecule has 3 heterocycles. The van der Waals surface area contributed by atoms with Crippen LogP contribution in [0.3, 0.4) is 0 Å². The van der Waals surface area contributed by atoms with Crippen molar-refractivity contribution in [2.75, 3.05) is 25.9 Å². The molecule has 0 radical (unpaired) electrons. The molecule has 0 spiro atoms. The number of methoxy groups -OCH3 is 1. The first-order valence-corrected chi connectivity index (χ1v) is 9.76. The molecule has 1 saturated heterocycles. The lowest BCUT2D eigenvalue weighted by Gasteiger charge is -2.16. The Bertz CT molecular complexity index is 1010. The molecule has 1 fully saturated rings. The van der Waals surface area contributed by atoms with E-state index in [1.54, 1.807) is 7.11 Å². The monoisotopic (exact) mass is 382 g/mol. The van der Waals surface area contributed by atoms with Crippen LogP contribution >= 0.6 is 11.3 Å². The fourth-order valence-corrected chi connectivity index (χ4v) is 4.70. The van der Waals surface area contributed by atoms with Gasteiger partial charge in [0, 0.05) is 24.4 Å². The zero-order valence-electron chi connectivity index (χ0n) is 15.7. The molecule has 140 valence electrons. The minimum atomic E-state index is -0.0106. The Labute approximate surface area is 162 Å². The van der Waals surface area contributed by atoms with Gasteiger partial charge >= 0.3 is 0 Å². The fourth-order valence-electron chi connectivity index (χ4n) is 3.64. The highest BCUT2D eigenvalue weighted by molar-refractivity contribution is 7.21. The van der Waals surface area contributed by atoms with Crippen molar-refractivity contribution in [3.63, 3.8) is 0 Å². The number of aryl methyl sites for hydroxylation is 2. The van der Waals surface area contributed by atoms with Crippen LogP contribution in [-0.4, -0.2) is 41.2 Å². The molecule has 0 saturated carbocycles. The Morgan fingerprint density at radius 1 is 1.26 bits per heavy atom. The normalized spacial score (nSPS) is 16.9. The van der Waals surface area contributed by atoms with E-state index in [2.05, 4.69) is 22.3 Å². The number of fused-ring (bicyclic) bond motifs is 1. The van der Waals surface area contributed by atoms with E-state index in [9.17, 15) is 4.79 Å². The number of hydrogen-bond donors (Lipinski definition) is 1. The second kappa shape index (κ2) is 6.81. The number of likely N-dealkylation sites (tertiary alicyclic amines) is 1. The molecule has 1 unspecified atom stereocenters. The summed E-state index contributed by atoms with van der Waals surface area (Å²) in [5.41, 5.74) is 9.93. The lowest BCUT2D eigenvalue weighted by atomic mass is 9.98. The second-order valence-electron chi connectivity index (χ2n) is 6.95. The largest absolute Gasteiger partial charge is 0.497 e. The third-order valence-electron chi connectivity index (χ3n) is 5.39. The van der Waals surface area contributed by atoms with Crippen molar-refractivity contribution < 1.29 is 9.53 Å². The molecule has 1 amide bonds. The summed E-state index contributed by atoms with van der Waals surface area (Å²) in [7, 11) is 1.66. The zero-order valence-corrected chi connectivity index (χ0v) is 16.5. The van der Waals surface area contributed by atoms with Gasteiger partial charge in [-0.3, -0.25) is 4.79 Å². The fraction of sp³-hybridized carbons (Fsp3) is 0.350. The van der Waals surface area contributed by atoms with Crippen molar-refractivity contribution in [3.8, 4) is 5.75 Å². The molecule has 3 aromatic rings. The molecular weight excluding hydrogens is 360 g/mol. The summed E-state index contributed by atoms with van der Waals surface area (Å²) in [6.45, 7) is 5.30. The Morgan fingerprint density at radius 2 is 2.00 bits per heavy atom. The summed E-state index contributed by atoms with van der Waals surface area (Å²) < 4.78 is 5.22. The van der Waals surface area contributed by atoms with Gasteiger partial charge in [-0.25, -0.2) is 0 Å². The van der Waals surface area contributed by atoms with E-state index in [0.29, 0.717) is 23.0 Å². The van der Waals surface area contributed by atoms with Gasteiger partial charge in [0.15, 0.2) is 0 Å². The van der Waals surface area contributed by atoms with Crippen LogP contribution in [0, 0.1) is 13.8 Å². The van der Waals surface area contributed by atoms with Crippen LogP contribution in [0.15, 0.2) is 24.3 Å². The summed E-state index contributed by atoms with van der Waals surface area (Å²) >= 11 is 1.34. The number of ether oxygens (including phenoxy) is 1. The van der Waals surface area contributed by atoms with Crippen molar-refractivity contribution in [2.45, 2.75) is 26.2 Å². The van der Waals surface area contributed by atoms with Gasteiger partial charge in [-0.2, -0.15) is 5.10 Å². The van der Waals surface area contributed by atoms with E-state index in [-0.39, 0.29) is 5.91 Å². The van der Waals surface area contributed by atoms with E-state index in [0.717, 1.165) is 40.2 Å². The average Bonchev–Trinajstić information content (AvgIpc) is 3.30. The number of nitrogens with zero attached hydrogens (tertiary/aromatic N) is 3. The van der Waals surface area contributed by atoms with Gasteiger partial charge in [-0.15, -0.1) is 16.4 Å². The molecule has 1 atom stereocenters. The van der Waals surface area contributed by atoms with E-state index < -0.39 is 0 Å². The van der Waals surface area contributed by atoms with Crippen molar-refractivity contribution in [3.05, 3.63) is 46.0 Å². The Balaban J connectivity index is 1.58. The molecule has 4 rings (SSSR count). The predicted octanol–water partition coefficient (Wildman–Crippen LogP) is 3.53. The molecule has 2 aromatic heterocycles. The van der Waals surface area contributed by atoms with Crippen LogP contribution in [0.1, 0.15) is 38.8 Å². The topological polar surface area (TPSA) is 81.3 Å². The number of nitrogen functional groups attached to an aromatic ring is 1. The van der Waals surface area contributed by atoms with Gasteiger partial charge in [-0.1, -0.05) is 12.1 Å². The molecule has 1 aliphatic heterocycles. The summed E-state index contributed by atoms with van der Waals surface area (Å²) in [6, 6.07) is 8.08. The first-order valence-electron chi connectivity index (χ1n) is 8.94. The van der Waals surface area contributed by atoms with Gasteiger partial charge < -0.3 is 15.4 Å². The summed E-state index contributed by atoms with van der Waals surface area (Å²) in [4.78, 5) is 16.3. The van der Waals surface area contributed by atoms with E-state index in [1.807, 2.05) is 30.9 Å². The standard InChI is InChI=1S/C20H22N4O2S/c1-11-12(2)22-23-19-16(11)17(21)18(27-19)20(25)24-9-8-14(10-24)13-4-6-15(26-3)7-5-13/h4-7,14H,8-10,21H2,1-3H3. The number of benzene rings is 1. The lowest BCUT2D eigenvalue weighted by molar-refractivity contribution is 0.0796. The number of carbonyl (C=O) groups excluding carboxylic acids is 1. The molecule has 1 aromatic carbocycles. The highest BCUT2D eigenvalue weighted by Gasteiger charge is 2.31. The van der Waals surface area contributed by atoms with Gasteiger partial charge in [0.05, 0.1) is 18.5 Å². The highest BCUT2D eigenvalue weighted by atomic mass is 32.1. The zero-order chi connectivity index (χ0) is 19.1. The number of anilines is 1. The number of carbonyl (C=O) groups is 1. The van der Waals surface area contributed by atoms with Crippen LogP contribution in [0.4, 0.5) is 5.69 Å². The minimum absolute atomic E-state index is 0.0106. The molecule has 2 N–H and O–H groups in total. The molecule has 1 aliphatic rings. The third kappa shape index (κ3) is 3.02. The van der Waals surface area contributed by atoms with Gasteiger partial charge in [0.25, 0.3) is 5.91 Å². The van der Waals surface area contributed by atoms with Crippen molar-refractivity contribution in [1.82, 2.24) is 15.1 Å². The number of hydrogen-bond acceptors (Lipinski definition) is 6. The van der Waals surface area contributed by atoms with Crippen LogP contribution < -0.4 is 10.5 Å². The minimum Gasteiger partial charge on any atom is -0.497 e. The maximum atomic E-state index is 13.1. The van der Waals surface area contributed by atoms with Crippen molar-refractivity contribution in [2.24, 2.45) is 0 Å². The molecule has 0 aliphatic carbocycles. The molecule has 7 heteroatoms. The summed E-state index contributed by atoms with van der Waals surface area (Å²) in [6.07, 6.45) is 0.945. The summed E-state index contributed by atoms with van der Waals surface area (Å²) in [5, 5.41) is 9.23. The molecule has 27 heavy (non-hydrogen) atoms. The van der Waals surface area contributed by atoms with E-state index in [4.69, 9.17) is 10.5 Å². The molecule has 0 bridgehead atoms. The molecular formula is C20H22N4O2S.